The number of aromatic amines is 1. The van der Waals surface area contributed by atoms with Crippen molar-refractivity contribution in [2.45, 2.75) is 31.1 Å². The first-order valence-electron chi connectivity index (χ1n) is 8.04. The second-order valence-electron chi connectivity index (χ2n) is 6.83. The van der Waals surface area contributed by atoms with Crippen LogP contribution in [0.1, 0.15) is 25.1 Å². The molecule has 132 valence electrons. The van der Waals surface area contributed by atoms with E-state index in [4.69, 9.17) is 0 Å². The Morgan fingerprint density at radius 2 is 1.72 bits per heavy atom. The molecule has 2 N–H and O–H groups in total. The zero-order chi connectivity index (χ0) is 18.2. The molecule has 3 rings (SSSR count). The average Bonchev–Trinajstić information content (AvgIpc) is 2.90. The summed E-state index contributed by atoms with van der Waals surface area (Å²) in [7, 11) is -3.69. The molecule has 4 nitrogen and oxygen atoms in total. The Morgan fingerprint density at radius 1 is 1.08 bits per heavy atom. The van der Waals surface area contributed by atoms with Crippen LogP contribution < -0.4 is 4.72 Å². The number of rotatable bonds is 5. The van der Waals surface area contributed by atoms with Gasteiger partial charge in [0.25, 0.3) is 0 Å². The van der Waals surface area contributed by atoms with E-state index in [0.717, 1.165) is 34.3 Å². The molecule has 0 spiro atoms. The summed E-state index contributed by atoms with van der Waals surface area (Å²) in [6.07, 6.45) is 0. The summed E-state index contributed by atoms with van der Waals surface area (Å²) in [5.74, 6) is -0.464. The molecule has 0 amide bonds. The number of H-pyrrole nitrogens is 1. The summed E-state index contributed by atoms with van der Waals surface area (Å²) in [5, 5.41) is 1.09. The van der Waals surface area contributed by atoms with Gasteiger partial charge in [0.2, 0.25) is 10.0 Å². The van der Waals surface area contributed by atoms with Gasteiger partial charge in [0.05, 0.1) is 4.90 Å². The van der Waals surface area contributed by atoms with Crippen molar-refractivity contribution in [1.82, 2.24) is 9.71 Å². The van der Waals surface area contributed by atoms with E-state index >= 15 is 0 Å². The minimum Gasteiger partial charge on any atom is -0.358 e. The predicted molar refractivity (Wildman–Crippen MR) is 97.7 cm³/mol. The second kappa shape index (κ2) is 6.28. The predicted octanol–water partition coefficient (Wildman–Crippen LogP) is 3.87. The molecule has 0 fully saturated rings. The topological polar surface area (TPSA) is 62.0 Å². The van der Waals surface area contributed by atoms with Crippen molar-refractivity contribution >= 4 is 20.9 Å². The van der Waals surface area contributed by atoms with Crippen LogP contribution in [0.3, 0.4) is 0 Å². The first-order chi connectivity index (χ1) is 11.7. The van der Waals surface area contributed by atoms with Gasteiger partial charge in [-0.05, 0) is 42.8 Å². The first kappa shape index (κ1) is 17.6. The van der Waals surface area contributed by atoms with Gasteiger partial charge in [-0.1, -0.05) is 32.0 Å². The summed E-state index contributed by atoms with van der Waals surface area (Å²) in [4.78, 5) is 3.41. The molecule has 0 radical (unpaired) electrons. The highest BCUT2D eigenvalue weighted by Crippen LogP contribution is 2.33. The molecule has 1 aromatic heterocycles. The Morgan fingerprint density at radius 3 is 2.40 bits per heavy atom. The minimum absolute atomic E-state index is 0.0559. The van der Waals surface area contributed by atoms with Gasteiger partial charge < -0.3 is 4.98 Å². The Kier molecular flexibility index (Phi) is 4.43. The van der Waals surface area contributed by atoms with E-state index < -0.39 is 21.3 Å². The summed E-state index contributed by atoms with van der Waals surface area (Å²) in [6.45, 7) is 6.23. The van der Waals surface area contributed by atoms with Gasteiger partial charge >= 0.3 is 0 Å². The number of fused-ring (bicyclic) bond motifs is 1. The molecule has 25 heavy (non-hydrogen) atoms. The third-order valence-electron chi connectivity index (χ3n) is 4.40. The number of halogens is 1. The molecule has 6 heteroatoms. The number of aryl methyl sites for hydroxylation is 1. The van der Waals surface area contributed by atoms with Crippen LogP contribution in [0.5, 0.6) is 0 Å². The van der Waals surface area contributed by atoms with E-state index in [1.54, 1.807) is 0 Å². The molecule has 0 atom stereocenters. The lowest BCUT2D eigenvalue weighted by atomic mass is 9.83. The molecule has 0 aliphatic rings. The lowest BCUT2D eigenvalue weighted by Gasteiger charge is -2.26. The fourth-order valence-corrected chi connectivity index (χ4v) is 4.42. The van der Waals surface area contributed by atoms with Crippen LogP contribution in [-0.2, 0) is 15.4 Å². The van der Waals surface area contributed by atoms with Crippen LogP contribution in [0.2, 0.25) is 0 Å². The Hall–Kier alpha value is -2.18. The van der Waals surface area contributed by atoms with Crippen molar-refractivity contribution in [3.05, 3.63) is 65.6 Å². The van der Waals surface area contributed by atoms with Gasteiger partial charge in [-0.2, -0.15) is 0 Å². The smallest absolute Gasteiger partial charge is 0.240 e. The van der Waals surface area contributed by atoms with Crippen molar-refractivity contribution < 1.29 is 12.8 Å². The quantitative estimate of drug-likeness (QED) is 0.725. The normalized spacial score (nSPS) is 12.6. The number of para-hydroxylation sites is 1. The van der Waals surface area contributed by atoms with E-state index in [-0.39, 0.29) is 11.4 Å². The maximum atomic E-state index is 13.0. The van der Waals surface area contributed by atoms with Gasteiger partial charge in [0, 0.05) is 28.6 Å². The summed E-state index contributed by atoms with van der Waals surface area (Å²) in [5.41, 5.74) is 2.72. The van der Waals surface area contributed by atoms with Crippen LogP contribution in [-0.4, -0.2) is 19.9 Å². The number of hydrogen-bond acceptors (Lipinski definition) is 2. The van der Waals surface area contributed by atoms with E-state index in [9.17, 15) is 12.8 Å². The molecular formula is C19H21FN2O2S. The number of benzene rings is 2. The molecule has 3 aromatic rings. The lowest BCUT2D eigenvalue weighted by molar-refractivity contribution is 0.502. The molecule has 2 aromatic carbocycles. The molecule has 0 aliphatic heterocycles. The van der Waals surface area contributed by atoms with Crippen LogP contribution >= 0.6 is 0 Å². The minimum atomic E-state index is -3.69. The maximum absolute atomic E-state index is 13.0. The average molecular weight is 360 g/mol. The highest BCUT2D eigenvalue weighted by molar-refractivity contribution is 7.89. The molecule has 0 saturated carbocycles. The molecule has 0 unspecified atom stereocenters. The van der Waals surface area contributed by atoms with Crippen LogP contribution in [0.4, 0.5) is 4.39 Å². The first-order valence-corrected chi connectivity index (χ1v) is 9.52. The SMILES string of the molecule is Cc1[nH]c2ccccc2c1C(C)(C)CNS(=O)(=O)c1ccc(F)cc1. The number of sulfonamides is 1. The molecule has 0 aliphatic carbocycles. The Balaban J connectivity index is 1.88. The zero-order valence-electron chi connectivity index (χ0n) is 14.4. The van der Waals surface area contributed by atoms with Gasteiger partial charge in [-0.25, -0.2) is 17.5 Å². The Labute approximate surface area is 147 Å². The van der Waals surface area contributed by atoms with Gasteiger partial charge in [0.1, 0.15) is 5.82 Å². The van der Waals surface area contributed by atoms with Gasteiger partial charge in [-0.15, -0.1) is 0 Å². The summed E-state index contributed by atoms with van der Waals surface area (Å²) >= 11 is 0. The molecular weight excluding hydrogens is 339 g/mol. The highest BCUT2D eigenvalue weighted by Gasteiger charge is 2.28. The zero-order valence-corrected chi connectivity index (χ0v) is 15.2. The lowest BCUT2D eigenvalue weighted by Crippen LogP contribution is -2.37. The van der Waals surface area contributed by atoms with E-state index in [1.807, 2.05) is 45.0 Å². The largest absolute Gasteiger partial charge is 0.358 e. The highest BCUT2D eigenvalue weighted by atomic mass is 32.2. The fourth-order valence-electron chi connectivity index (χ4n) is 3.21. The van der Waals surface area contributed by atoms with Crippen molar-refractivity contribution in [3.63, 3.8) is 0 Å². The van der Waals surface area contributed by atoms with Gasteiger partial charge in [-0.3, -0.25) is 0 Å². The van der Waals surface area contributed by atoms with Crippen molar-refractivity contribution in [3.8, 4) is 0 Å². The molecule has 0 bridgehead atoms. The maximum Gasteiger partial charge on any atom is 0.240 e. The van der Waals surface area contributed by atoms with Crippen LogP contribution in [0.15, 0.2) is 53.4 Å². The van der Waals surface area contributed by atoms with Crippen molar-refractivity contribution in [2.24, 2.45) is 0 Å². The van der Waals surface area contributed by atoms with Crippen LogP contribution in [0, 0.1) is 12.7 Å². The Bertz CT molecular complexity index is 1010. The second-order valence-corrected chi connectivity index (χ2v) is 8.60. The number of nitrogens with one attached hydrogen (secondary N) is 2. The third-order valence-corrected chi connectivity index (χ3v) is 5.82. The van der Waals surface area contributed by atoms with E-state index in [1.165, 1.54) is 12.1 Å². The molecule has 1 heterocycles. The number of hydrogen-bond donors (Lipinski definition) is 2. The van der Waals surface area contributed by atoms with E-state index in [2.05, 4.69) is 9.71 Å². The monoisotopic (exact) mass is 360 g/mol. The third kappa shape index (κ3) is 3.45. The standard InChI is InChI=1S/C19H21FN2O2S/c1-13-18(16-6-4-5-7-17(16)22-13)19(2,3)12-21-25(23,24)15-10-8-14(20)9-11-15/h4-11,21-22H,12H2,1-3H3. The summed E-state index contributed by atoms with van der Waals surface area (Å²) < 4.78 is 40.6. The van der Waals surface area contributed by atoms with E-state index in [0.29, 0.717) is 0 Å². The number of aromatic nitrogens is 1. The van der Waals surface area contributed by atoms with Crippen molar-refractivity contribution in [2.75, 3.05) is 6.54 Å². The van der Waals surface area contributed by atoms with Crippen molar-refractivity contribution in [1.29, 1.82) is 0 Å². The summed E-state index contributed by atoms with van der Waals surface area (Å²) in [6, 6.07) is 12.8. The fraction of sp³-hybridized carbons (Fsp3) is 0.263. The molecule has 0 saturated heterocycles. The van der Waals surface area contributed by atoms with Gasteiger partial charge in [0.15, 0.2) is 0 Å². The van der Waals surface area contributed by atoms with Crippen LogP contribution in [0.25, 0.3) is 10.9 Å².